The molecule has 0 aliphatic rings. The van der Waals surface area contributed by atoms with Gasteiger partial charge in [-0.2, -0.15) is 5.10 Å². The van der Waals surface area contributed by atoms with E-state index in [0.29, 0.717) is 11.5 Å². The van der Waals surface area contributed by atoms with Gasteiger partial charge in [-0.1, -0.05) is 28.1 Å². The molecule has 5 nitrogen and oxygen atoms in total. The summed E-state index contributed by atoms with van der Waals surface area (Å²) < 4.78 is 11.6. The Labute approximate surface area is 158 Å². The third-order valence-corrected chi connectivity index (χ3v) is 4.70. The first-order valence-corrected chi connectivity index (χ1v) is 9.09. The molecule has 1 aromatic heterocycles. The average Bonchev–Trinajstić information content (AvgIpc) is 3.11. The maximum absolute atomic E-state index is 5.34. The molecule has 2 aromatic carbocycles. The molecule has 0 amide bonds. The van der Waals surface area contributed by atoms with Crippen LogP contribution in [0.4, 0.5) is 5.13 Å². The smallest absolute Gasteiger partial charge is 0.203 e. The van der Waals surface area contributed by atoms with E-state index in [9.17, 15) is 0 Å². The minimum atomic E-state index is 0.677. The summed E-state index contributed by atoms with van der Waals surface area (Å²) >= 11 is 4.90. The first-order valence-electron chi connectivity index (χ1n) is 7.42. The molecule has 128 valence electrons. The number of nitrogens with zero attached hydrogens (tertiary/aromatic N) is 2. The summed E-state index contributed by atoms with van der Waals surface area (Å²) in [6.45, 7) is 0. The molecule has 0 fully saturated rings. The molecule has 0 saturated heterocycles. The Bertz CT molecular complexity index is 878. The molecule has 25 heavy (non-hydrogen) atoms. The highest BCUT2D eigenvalue weighted by molar-refractivity contribution is 9.10. The molecule has 0 bridgehead atoms. The minimum absolute atomic E-state index is 0.677. The molecule has 0 aliphatic heterocycles. The standard InChI is InChI=1S/C18H16BrN3O2S/c1-23-16-8-5-13(9-17(16)24-2)15-11-25-18(21-15)22-20-10-12-3-6-14(19)7-4-12/h3-11H,1-2H3,(H,21,22)/b20-10+. The Kier molecular flexibility index (Phi) is 5.67. The fourth-order valence-electron chi connectivity index (χ4n) is 2.16. The number of hydrogen-bond acceptors (Lipinski definition) is 6. The van der Waals surface area contributed by atoms with Crippen molar-refractivity contribution < 1.29 is 9.47 Å². The lowest BCUT2D eigenvalue weighted by Crippen LogP contribution is -1.92. The zero-order chi connectivity index (χ0) is 17.6. The van der Waals surface area contributed by atoms with Gasteiger partial charge < -0.3 is 9.47 Å². The molecule has 0 unspecified atom stereocenters. The van der Waals surface area contributed by atoms with Gasteiger partial charge in [0, 0.05) is 15.4 Å². The lowest BCUT2D eigenvalue weighted by Gasteiger charge is -2.08. The van der Waals surface area contributed by atoms with Crippen LogP contribution in [-0.4, -0.2) is 25.4 Å². The average molecular weight is 418 g/mol. The van der Waals surface area contributed by atoms with E-state index in [-0.39, 0.29) is 0 Å². The van der Waals surface area contributed by atoms with Gasteiger partial charge in [0.1, 0.15) is 0 Å². The first-order chi connectivity index (χ1) is 12.2. The number of aromatic nitrogens is 1. The summed E-state index contributed by atoms with van der Waals surface area (Å²) in [7, 11) is 3.23. The van der Waals surface area contributed by atoms with E-state index in [2.05, 4.69) is 31.4 Å². The molecule has 3 aromatic rings. The summed E-state index contributed by atoms with van der Waals surface area (Å²) in [5.41, 5.74) is 5.78. The van der Waals surface area contributed by atoms with Crippen molar-refractivity contribution in [2.75, 3.05) is 19.6 Å². The Morgan fingerprint density at radius 1 is 1.08 bits per heavy atom. The lowest BCUT2D eigenvalue weighted by atomic mass is 10.1. The minimum Gasteiger partial charge on any atom is -0.493 e. The van der Waals surface area contributed by atoms with Gasteiger partial charge in [-0.05, 0) is 35.9 Å². The number of hydrogen-bond donors (Lipinski definition) is 1. The van der Waals surface area contributed by atoms with Crippen molar-refractivity contribution in [1.82, 2.24) is 4.98 Å². The Morgan fingerprint density at radius 2 is 1.84 bits per heavy atom. The molecular weight excluding hydrogens is 402 g/mol. The van der Waals surface area contributed by atoms with Crippen LogP contribution < -0.4 is 14.9 Å². The molecule has 7 heteroatoms. The molecule has 1 N–H and O–H groups in total. The molecule has 0 spiro atoms. The van der Waals surface area contributed by atoms with E-state index >= 15 is 0 Å². The summed E-state index contributed by atoms with van der Waals surface area (Å²) in [5, 5.41) is 6.91. The van der Waals surface area contributed by atoms with Crippen LogP contribution in [0.5, 0.6) is 11.5 Å². The largest absolute Gasteiger partial charge is 0.493 e. The van der Waals surface area contributed by atoms with Gasteiger partial charge in [-0.3, -0.25) is 5.43 Å². The number of hydrazone groups is 1. The number of benzene rings is 2. The van der Waals surface area contributed by atoms with Crippen LogP contribution in [0.15, 0.2) is 57.4 Å². The fraction of sp³-hybridized carbons (Fsp3) is 0.111. The van der Waals surface area contributed by atoms with Gasteiger partial charge in [-0.25, -0.2) is 4.98 Å². The van der Waals surface area contributed by atoms with E-state index in [1.54, 1.807) is 20.4 Å². The highest BCUT2D eigenvalue weighted by atomic mass is 79.9. The van der Waals surface area contributed by atoms with Crippen molar-refractivity contribution >= 4 is 38.6 Å². The highest BCUT2D eigenvalue weighted by Gasteiger charge is 2.09. The van der Waals surface area contributed by atoms with Gasteiger partial charge in [0.05, 0.1) is 26.1 Å². The maximum Gasteiger partial charge on any atom is 0.203 e. The highest BCUT2D eigenvalue weighted by Crippen LogP contribution is 2.33. The van der Waals surface area contributed by atoms with E-state index in [0.717, 1.165) is 26.4 Å². The van der Waals surface area contributed by atoms with Crippen molar-refractivity contribution in [3.05, 3.63) is 57.9 Å². The van der Waals surface area contributed by atoms with Gasteiger partial charge in [0.25, 0.3) is 0 Å². The van der Waals surface area contributed by atoms with Crippen molar-refractivity contribution in [3.8, 4) is 22.8 Å². The van der Waals surface area contributed by atoms with Crippen molar-refractivity contribution in [2.45, 2.75) is 0 Å². The maximum atomic E-state index is 5.34. The normalized spacial score (nSPS) is 10.8. The van der Waals surface area contributed by atoms with Gasteiger partial charge in [0.2, 0.25) is 5.13 Å². The van der Waals surface area contributed by atoms with Crippen LogP contribution >= 0.6 is 27.3 Å². The number of rotatable bonds is 6. The van der Waals surface area contributed by atoms with Crippen LogP contribution in [0, 0.1) is 0 Å². The molecule has 0 atom stereocenters. The van der Waals surface area contributed by atoms with E-state index in [1.165, 1.54) is 11.3 Å². The van der Waals surface area contributed by atoms with Gasteiger partial charge in [0.15, 0.2) is 11.5 Å². The molecule has 0 radical (unpaired) electrons. The van der Waals surface area contributed by atoms with Crippen LogP contribution in [0.1, 0.15) is 5.56 Å². The Morgan fingerprint density at radius 3 is 2.56 bits per heavy atom. The van der Waals surface area contributed by atoms with Crippen LogP contribution in [0.3, 0.4) is 0 Å². The van der Waals surface area contributed by atoms with Crippen molar-refractivity contribution in [1.29, 1.82) is 0 Å². The molecule has 3 rings (SSSR count). The second-order valence-corrected chi connectivity index (χ2v) is 6.80. The topological polar surface area (TPSA) is 55.7 Å². The zero-order valence-corrected chi connectivity index (χ0v) is 16.1. The predicted octanol–water partition coefficient (Wildman–Crippen LogP) is 5.04. The zero-order valence-electron chi connectivity index (χ0n) is 13.7. The van der Waals surface area contributed by atoms with Crippen LogP contribution in [-0.2, 0) is 0 Å². The SMILES string of the molecule is COc1ccc(-c2csc(N/N=C/c3ccc(Br)cc3)n2)cc1OC. The van der Waals surface area contributed by atoms with Crippen LogP contribution in [0.25, 0.3) is 11.3 Å². The third-order valence-electron chi connectivity index (χ3n) is 3.43. The first kappa shape index (κ1) is 17.4. The summed E-state index contributed by atoms with van der Waals surface area (Å²) in [6.07, 6.45) is 1.75. The summed E-state index contributed by atoms with van der Waals surface area (Å²) in [5.74, 6) is 1.37. The molecule has 0 aliphatic carbocycles. The quantitative estimate of drug-likeness (QED) is 0.450. The monoisotopic (exact) mass is 417 g/mol. The number of thiazole rings is 1. The van der Waals surface area contributed by atoms with Gasteiger partial charge >= 0.3 is 0 Å². The third kappa shape index (κ3) is 4.37. The number of halogens is 1. The number of ether oxygens (including phenoxy) is 2. The summed E-state index contributed by atoms with van der Waals surface area (Å²) in [4.78, 5) is 4.55. The van der Waals surface area contributed by atoms with E-state index in [1.807, 2.05) is 47.8 Å². The van der Waals surface area contributed by atoms with Crippen molar-refractivity contribution in [2.24, 2.45) is 5.10 Å². The molecule has 0 saturated carbocycles. The fourth-order valence-corrected chi connectivity index (χ4v) is 3.10. The molecule has 1 heterocycles. The van der Waals surface area contributed by atoms with Crippen molar-refractivity contribution in [3.63, 3.8) is 0 Å². The second-order valence-electron chi connectivity index (χ2n) is 5.03. The van der Waals surface area contributed by atoms with Gasteiger partial charge in [-0.15, -0.1) is 11.3 Å². The molecular formula is C18H16BrN3O2S. The number of anilines is 1. The van der Waals surface area contributed by atoms with E-state index < -0.39 is 0 Å². The van der Waals surface area contributed by atoms with E-state index in [4.69, 9.17) is 9.47 Å². The number of methoxy groups -OCH3 is 2. The summed E-state index contributed by atoms with van der Waals surface area (Å²) in [6, 6.07) is 13.6. The number of nitrogens with one attached hydrogen (secondary N) is 1. The second kappa shape index (κ2) is 8.13. The lowest BCUT2D eigenvalue weighted by molar-refractivity contribution is 0.355. The Balaban J connectivity index is 1.71. The van der Waals surface area contributed by atoms with Crippen LogP contribution in [0.2, 0.25) is 0 Å². The Hall–Kier alpha value is -2.38. The predicted molar refractivity (Wildman–Crippen MR) is 106 cm³/mol.